The number of amides is 1. The lowest BCUT2D eigenvalue weighted by Crippen LogP contribution is -2.37. The van der Waals surface area contributed by atoms with Crippen molar-refractivity contribution in [1.82, 2.24) is 4.31 Å². The van der Waals surface area contributed by atoms with Gasteiger partial charge in [0.2, 0.25) is 15.9 Å². The second-order valence-electron chi connectivity index (χ2n) is 5.48. The van der Waals surface area contributed by atoms with Gasteiger partial charge in [-0.3, -0.25) is 4.79 Å². The number of anilines is 1. The van der Waals surface area contributed by atoms with Gasteiger partial charge in [-0.05, 0) is 30.2 Å². The molecule has 0 aromatic heterocycles. The van der Waals surface area contributed by atoms with Crippen LogP contribution in [-0.4, -0.2) is 31.4 Å². The lowest BCUT2D eigenvalue weighted by molar-refractivity contribution is -0.116. The van der Waals surface area contributed by atoms with Crippen molar-refractivity contribution >= 4 is 33.2 Å². The van der Waals surface area contributed by atoms with Gasteiger partial charge >= 0.3 is 0 Å². The van der Waals surface area contributed by atoms with Crippen LogP contribution in [0.25, 0.3) is 0 Å². The number of halogens is 1. The van der Waals surface area contributed by atoms with Gasteiger partial charge in [-0.25, -0.2) is 8.42 Å². The Hall–Kier alpha value is -1.89. The maximum absolute atomic E-state index is 12.3. The highest BCUT2D eigenvalue weighted by molar-refractivity contribution is 7.88. The molecular formula is C17H19ClN2O3S. The number of hydrogen-bond donors (Lipinski definition) is 1. The van der Waals surface area contributed by atoms with Gasteiger partial charge in [0.15, 0.2) is 0 Å². The minimum atomic E-state index is -3.52. The molecule has 0 spiro atoms. The van der Waals surface area contributed by atoms with Crippen molar-refractivity contribution in [1.29, 1.82) is 0 Å². The van der Waals surface area contributed by atoms with E-state index in [2.05, 4.69) is 5.32 Å². The van der Waals surface area contributed by atoms with Gasteiger partial charge in [-0.2, -0.15) is 4.31 Å². The van der Waals surface area contributed by atoms with Crippen LogP contribution >= 0.6 is 11.6 Å². The lowest BCUT2D eigenvalue weighted by Gasteiger charge is -2.20. The first-order valence-corrected chi connectivity index (χ1v) is 9.54. The van der Waals surface area contributed by atoms with Crippen LogP contribution in [0.1, 0.15) is 11.1 Å². The number of benzene rings is 2. The molecule has 0 saturated carbocycles. The highest BCUT2D eigenvalue weighted by Crippen LogP contribution is 2.23. The van der Waals surface area contributed by atoms with Gasteiger partial charge in [-0.1, -0.05) is 48.0 Å². The van der Waals surface area contributed by atoms with Crippen LogP contribution < -0.4 is 5.32 Å². The first-order chi connectivity index (χ1) is 11.3. The normalized spacial score (nSPS) is 11.5. The molecule has 0 heterocycles. The molecule has 0 atom stereocenters. The highest BCUT2D eigenvalue weighted by Gasteiger charge is 2.21. The first kappa shape index (κ1) is 18.4. The van der Waals surface area contributed by atoms with E-state index in [1.54, 1.807) is 25.1 Å². The third kappa shape index (κ3) is 5.06. The van der Waals surface area contributed by atoms with Crippen LogP contribution in [0, 0.1) is 6.92 Å². The average Bonchev–Trinajstić information content (AvgIpc) is 2.51. The maximum atomic E-state index is 12.3. The van der Waals surface area contributed by atoms with Gasteiger partial charge in [0.1, 0.15) is 0 Å². The molecule has 24 heavy (non-hydrogen) atoms. The zero-order valence-electron chi connectivity index (χ0n) is 13.5. The Labute approximate surface area is 147 Å². The van der Waals surface area contributed by atoms with Gasteiger partial charge in [0, 0.05) is 17.3 Å². The number of sulfonamides is 1. The molecule has 128 valence electrons. The van der Waals surface area contributed by atoms with E-state index < -0.39 is 15.9 Å². The van der Waals surface area contributed by atoms with E-state index >= 15 is 0 Å². The predicted molar refractivity (Wildman–Crippen MR) is 96.5 cm³/mol. The monoisotopic (exact) mass is 366 g/mol. The number of nitrogens with one attached hydrogen (secondary N) is 1. The Bertz CT molecular complexity index is 823. The molecule has 1 amide bonds. The summed E-state index contributed by atoms with van der Waals surface area (Å²) in [5.41, 5.74) is 2.12. The molecule has 2 aromatic rings. The SMILES string of the molecule is Cc1c(Cl)cccc1NC(=O)CN(Cc1ccccc1)S(C)(=O)=O. The van der Waals surface area contributed by atoms with E-state index in [0.717, 1.165) is 21.7 Å². The summed E-state index contributed by atoms with van der Waals surface area (Å²) in [6.07, 6.45) is 1.09. The summed E-state index contributed by atoms with van der Waals surface area (Å²) in [5, 5.41) is 3.25. The van der Waals surface area contributed by atoms with Crippen molar-refractivity contribution in [3.8, 4) is 0 Å². The largest absolute Gasteiger partial charge is 0.325 e. The van der Waals surface area contributed by atoms with E-state index in [0.29, 0.717) is 10.7 Å². The molecule has 0 aliphatic rings. The van der Waals surface area contributed by atoms with E-state index in [-0.39, 0.29) is 13.1 Å². The van der Waals surface area contributed by atoms with E-state index in [9.17, 15) is 13.2 Å². The summed E-state index contributed by atoms with van der Waals surface area (Å²) < 4.78 is 25.1. The van der Waals surface area contributed by atoms with Crippen molar-refractivity contribution in [2.75, 3.05) is 18.1 Å². The zero-order valence-corrected chi connectivity index (χ0v) is 15.1. The number of nitrogens with zero attached hydrogens (tertiary/aromatic N) is 1. The fourth-order valence-corrected chi connectivity index (χ4v) is 3.08. The number of hydrogen-bond acceptors (Lipinski definition) is 3. The third-order valence-corrected chi connectivity index (χ3v) is 5.14. The van der Waals surface area contributed by atoms with Crippen molar-refractivity contribution in [3.63, 3.8) is 0 Å². The van der Waals surface area contributed by atoms with Gasteiger partial charge in [0.05, 0.1) is 12.8 Å². The zero-order chi connectivity index (χ0) is 17.7. The number of carbonyl (C=O) groups excluding carboxylic acids is 1. The van der Waals surface area contributed by atoms with E-state index in [4.69, 9.17) is 11.6 Å². The summed E-state index contributed by atoms with van der Waals surface area (Å²) >= 11 is 6.03. The molecule has 0 unspecified atom stereocenters. The smallest absolute Gasteiger partial charge is 0.239 e. The van der Waals surface area contributed by atoms with Crippen LogP contribution in [-0.2, 0) is 21.4 Å². The van der Waals surface area contributed by atoms with Crippen LogP contribution in [0.3, 0.4) is 0 Å². The highest BCUT2D eigenvalue weighted by atomic mass is 35.5. The summed E-state index contributed by atoms with van der Waals surface area (Å²) in [5.74, 6) is -0.415. The molecule has 0 fully saturated rings. The van der Waals surface area contributed by atoms with Crippen LogP contribution in [0.5, 0.6) is 0 Å². The molecule has 0 aliphatic carbocycles. The topological polar surface area (TPSA) is 66.5 Å². The fraction of sp³-hybridized carbons (Fsp3) is 0.235. The first-order valence-electron chi connectivity index (χ1n) is 7.31. The number of carbonyl (C=O) groups is 1. The minimum Gasteiger partial charge on any atom is -0.325 e. The minimum absolute atomic E-state index is 0.140. The van der Waals surface area contributed by atoms with Crippen molar-refractivity contribution in [3.05, 3.63) is 64.7 Å². The molecule has 0 aliphatic heterocycles. The molecular weight excluding hydrogens is 348 g/mol. The predicted octanol–water partition coefficient (Wildman–Crippen LogP) is 3.05. The Morgan fingerprint density at radius 2 is 1.79 bits per heavy atom. The van der Waals surface area contributed by atoms with Crippen molar-refractivity contribution < 1.29 is 13.2 Å². The van der Waals surface area contributed by atoms with Gasteiger partial charge in [0.25, 0.3) is 0 Å². The summed E-state index contributed by atoms with van der Waals surface area (Å²) in [4.78, 5) is 12.3. The quantitative estimate of drug-likeness (QED) is 0.854. The van der Waals surface area contributed by atoms with Crippen LogP contribution in [0.4, 0.5) is 5.69 Å². The van der Waals surface area contributed by atoms with Crippen molar-refractivity contribution in [2.45, 2.75) is 13.5 Å². The fourth-order valence-electron chi connectivity index (χ4n) is 2.17. The Morgan fingerprint density at radius 1 is 1.12 bits per heavy atom. The molecule has 5 nitrogen and oxygen atoms in total. The Balaban J connectivity index is 2.12. The van der Waals surface area contributed by atoms with Crippen LogP contribution in [0.2, 0.25) is 5.02 Å². The standard InChI is InChI=1S/C17H19ClN2O3S/c1-13-15(18)9-6-10-16(13)19-17(21)12-20(24(2,22)23)11-14-7-4-3-5-8-14/h3-10H,11-12H2,1-2H3,(H,19,21). The molecule has 2 aromatic carbocycles. The van der Waals surface area contributed by atoms with Crippen molar-refractivity contribution in [2.24, 2.45) is 0 Å². The van der Waals surface area contributed by atoms with Gasteiger partial charge < -0.3 is 5.32 Å². The maximum Gasteiger partial charge on any atom is 0.239 e. The molecule has 0 saturated heterocycles. The molecule has 1 N–H and O–H groups in total. The van der Waals surface area contributed by atoms with Crippen LogP contribution in [0.15, 0.2) is 48.5 Å². The summed E-state index contributed by atoms with van der Waals surface area (Å²) in [6.45, 7) is 1.66. The molecule has 0 radical (unpaired) electrons. The van der Waals surface area contributed by atoms with E-state index in [1.165, 1.54) is 0 Å². The third-order valence-electron chi connectivity index (χ3n) is 3.53. The molecule has 7 heteroatoms. The van der Waals surface area contributed by atoms with E-state index in [1.807, 2.05) is 30.3 Å². The number of rotatable bonds is 6. The summed E-state index contributed by atoms with van der Waals surface area (Å²) in [6, 6.07) is 14.3. The Kier molecular flexibility index (Phi) is 5.99. The van der Waals surface area contributed by atoms with Gasteiger partial charge in [-0.15, -0.1) is 0 Å². The molecule has 0 bridgehead atoms. The summed E-state index contributed by atoms with van der Waals surface area (Å²) in [7, 11) is -3.52. The second kappa shape index (κ2) is 7.79. The average molecular weight is 367 g/mol. The Morgan fingerprint density at radius 3 is 2.42 bits per heavy atom. The second-order valence-corrected chi connectivity index (χ2v) is 7.87. The molecule has 2 rings (SSSR count). The lowest BCUT2D eigenvalue weighted by atomic mass is 10.2.